The van der Waals surface area contributed by atoms with Crippen molar-refractivity contribution in [3.05, 3.63) is 29.6 Å². The van der Waals surface area contributed by atoms with E-state index in [2.05, 4.69) is 10.6 Å². The van der Waals surface area contributed by atoms with Crippen LogP contribution in [0.1, 0.15) is 24.8 Å². The van der Waals surface area contributed by atoms with Gasteiger partial charge in [-0.15, -0.1) is 12.4 Å². The molecule has 18 heavy (non-hydrogen) atoms. The van der Waals surface area contributed by atoms with Gasteiger partial charge in [0, 0.05) is 11.3 Å². The Hall–Kier alpha value is -1.13. The average molecular weight is 273 g/mol. The van der Waals surface area contributed by atoms with Gasteiger partial charge < -0.3 is 10.6 Å². The van der Waals surface area contributed by atoms with Crippen LogP contribution in [0.4, 0.5) is 10.1 Å². The van der Waals surface area contributed by atoms with Crippen LogP contribution >= 0.6 is 12.4 Å². The van der Waals surface area contributed by atoms with Crippen LogP contribution in [0.2, 0.25) is 0 Å². The summed E-state index contributed by atoms with van der Waals surface area (Å²) in [4.78, 5) is 11.9. The van der Waals surface area contributed by atoms with Crippen molar-refractivity contribution in [3.8, 4) is 0 Å². The fourth-order valence-electron chi connectivity index (χ4n) is 2.04. The van der Waals surface area contributed by atoms with Crippen molar-refractivity contribution in [1.29, 1.82) is 0 Å². The van der Waals surface area contributed by atoms with E-state index in [1.807, 2.05) is 0 Å². The minimum absolute atomic E-state index is 0. The first kappa shape index (κ1) is 14.9. The molecule has 0 aromatic heterocycles. The van der Waals surface area contributed by atoms with E-state index in [4.69, 9.17) is 0 Å². The molecule has 1 aliphatic rings. The number of anilines is 1. The zero-order chi connectivity index (χ0) is 12.3. The first-order chi connectivity index (χ1) is 8.18. The third-order valence-corrected chi connectivity index (χ3v) is 3.15. The lowest BCUT2D eigenvalue weighted by Crippen LogP contribution is -2.43. The molecule has 1 fully saturated rings. The highest BCUT2D eigenvalue weighted by Crippen LogP contribution is 2.18. The van der Waals surface area contributed by atoms with Crippen molar-refractivity contribution in [2.24, 2.45) is 0 Å². The number of piperidine rings is 1. The predicted molar refractivity (Wildman–Crippen MR) is 72.7 cm³/mol. The Labute approximate surface area is 113 Å². The zero-order valence-corrected chi connectivity index (χ0v) is 11.1. The molecule has 0 bridgehead atoms. The lowest BCUT2D eigenvalue weighted by molar-refractivity contribution is -0.118. The number of carbonyl (C=O) groups excluding carboxylic acids is 1. The molecule has 1 saturated heterocycles. The van der Waals surface area contributed by atoms with Crippen LogP contribution in [0.25, 0.3) is 0 Å². The number of halogens is 2. The maximum absolute atomic E-state index is 13.3. The summed E-state index contributed by atoms with van der Waals surface area (Å²) in [5.41, 5.74) is 1.04. The van der Waals surface area contributed by atoms with E-state index < -0.39 is 0 Å². The van der Waals surface area contributed by atoms with Gasteiger partial charge in [-0.1, -0.05) is 12.5 Å². The molecule has 2 rings (SSSR count). The summed E-state index contributed by atoms with van der Waals surface area (Å²) in [7, 11) is 0. The smallest absolute Gasteiger partial charge is 0.241 e. The molecule has 1 heterocycles. The molecule has 1 aromatic carbocycles. The van der Waals surface area contributed by atoms with Crippen LogP contribution < -0.4 is 10.6 Å². The van der Waals surface area contributed by atoms with Crippen LogP contribution in [0, 0.1) is 12.7 Å². The van der Waals surface area contributed by atoms with Gasteiger partial charge >= 0.3 is 0 Å². The number of amides is 1. The second kappa shape index (κ2) is 6.71. The molecule has 5 heteroatoms. The zero-order valence-electron chi connectivity index (χ0n) is 10.3. The third kappa shape index (κ3) is 3.43. The summed E-state index contributed by atoms with van der Waals surface area (Å²) < 4.78 is 13.3. The molecule has 0 radical (unpaired) electrons. The van der Waals surface area contributed by atoms with Gasteiger partial charge in [-0.3, -0.25) is 4.79 Å². The van der Waals surface area contributed by atoms with E-state index in [1.54, 1.807) is 19.1 Å². The van der Waals surface area contributed by atoms with Crippen LogP contribution in [-0.4, -0.2) is 18.5 Å². The van der Waals surface area contributed by atoms with Gasteiger partial charge in [-0.25, -0.2) is 4.39 Å². The van der Waals surface area contributed by atoms with Gasteiger partial charge in [0.1, 0.15) is 5.82 Å². The van der Waals surface area contributed by atoms with Crippen molar-refractivity contribution in [1.82, 2.24) is 5.32 Å². The van der Waals surface area contributed by atoms with Crippen molar-refractivity contribution < 1.29 is 9.18 Å². The number of carbonyl (C=O) groups is 1. The normalized spacial score (nSPS) is 18.9. The first-order valence-electron chi connectivity index (χ1n) is 5.98. The van der Waals surface area contributed by atoms with Gasteiger partial charge in [0.05, 0.1) is 6.04 Å². The van der Waals surface area contributed by atoms with Crippen LogP contribution in [-0.2, 0) is 4.79 Å². The molecule has 0 aliphatic carbocycles. The molecule has 0 saturated carbocycles. The molecule has 1 aromatic rings. The Morgan fingerprint density at radius 2 is 2.22 bits per heavy atom. The highest BCUT2D eigenvalue weighted by Gasteiger charge is 2.21. The summed E-state index contributed by atoms with van der Waals surface area (Å²) in [5, 5.41) is 5.95. The Morgan fingerprint density at radius 3 is 2.89 bits per heavy atom. The van der Waals surface area contributed by atoms with Gasteiger partial charge in [-0.2, -0.15) is 0 Å². The Kier molecular flexibility index (Phi) is 5.56. The van der Waals surface area contributed by atoms with Crippen LogP contribution in [0.3, 0.4) is 0 Å². The summed E-state index contributed by atoms with van der Waals surface area (Å²) in [6.45, 7) is 2.54. The molecular weight excluding hydrogens is 255 g/mol. The Morgan fingerprint density at radius 1 is 1.44 bits per heavy atom. The summed E-state index contributed by atoms with van der Waals surface area (Å²) in [6, 6.07) is 4.57. The molecule has 1 atom stereocenters. The lowest BCUT2D eigenvalue weighted by Gasteiger charge is -2.22. The fourth-order valence-corrected chi connectivity index (χ4v) is 2.04. The van der Waals surface area contributed by atoms with E-state index in [0.717, 1.165) is 25.8 Å². The highest BCUT2D eigenvalue weighted by atomic mass is 35.5. The second-order valence-corrected chi connectivity index (χ2v) is 4.40. The number of benzene rings is 1. The van der Waals surface area contributed by atoms with Crippen molar-refractivity contribution in [3.63, 3.8) is 0 Å². The molecule has 0 unspecified atom stereocenters. The van der Waals surface area contributed by atoms with E-state index in [9.17, 15) is 9.18 Å². The third-order valence-electron chi connectivity index (χ3n) is 3.15. The number of nitrogens with one attached hydrogen (secondary N) is 2. The monoisotopic (exact) mass is 272 g/mol. The van der Waals surface area contributed by atoms with Gasteiger partial charge in [0.2, 0.25) is 5.91 Å². The van der Waals surface area contributed by atoms with E-state index in [0.29, 0.717) is 11.3 Å². The predicted octanol–water partition coefficient (Wildman–Crippen LogP) is 2.64. The topological polar surface area (TPSA) is 41.1 Å². The molecule has 100 valence electrons. The fraction of sp³-hybridized carbons (Fsp3) is 0.462. The van der Waals surface area contributed by atoms with Crippen molar-refractivity contribution in [2.45, 2.75) is 32.2 Å². The number of rotatable bonds is 2. The van der Waals surface area contributed by atoms with Crippen LogP contribution in [0.5, 0.6) is 0 Å². The van der Waals surface area contributed by atoms with Gasteiger partial charge in [0.25, 0.3) is 0 Å². The summed E-state index contributed by atoms with van der Waals surface area (Å²) >= 11 is 0. The molecule has 1 amide bonds. The molecule has 1 aliphatic heterocycles. The largest absolute Gasteiger partial charge is 0.324 e. The molecule has 3 nitrogen and oxygen atoms in total. The standard InChI is InChI=1S/C13H17FN2O.ClH/c1-9-10(14)5-4-7-11(9)16-13(17)12-6-2-3-8-15-12;/h4-5,7,12,15H,2-3,6,8H2,1H3,(H,16,17);1H/t12-;/m1./s1. The quantitative estimate of drug-likeness (QED) is 0.869. The maximum Gasteiger partial charge on any atom is 0.241 e. The molecular formula is C13H18ClFN2O. The van der Waals surface area contributed by atoms with E-state index in [1.165, 1.54) is 6.07 Å². The number of hydrogen-bond donors (Lipinski definition) is 2. The van der Waals surface area contributed by atoms with E-state index in [-0.39, 0.29) is 30.2 Å². The summed E-state index contributed by atoms with van der Waals surface area (Å²) in [5.74, 6) is -0.363. The van der Waals surface area contributed by atoms with Gasteiger partial charge in [0.15, 0.2) is 0 Å². The Balaban J connectivity index is 0.00000162. The van der Waals surface area contributed by atoms with Gasteiger partial charge in [-0.05, 0) is 38.4 Å². The van der Waals surface area contributed by atoms with Crippen molar-refractivity contribution >= 4 is 24.0 Å². The molecule has 0 spiro atoms. The molecule has 2 N–H and O–H groups in total. The lowest BCUT2D eigenvalue weighted by atomic mass is 10.0. The first-order valence-corrected chi connectivity index (χ1v) is 5.98. The Bertz CT molecular complexity index is 419. The SMILES string of the molecule is Cc1c(F)cccc1NC(=O)[C@H]1CCCCN1.Cl. The van der Waals surface area contributed by atoms with Crippen molar-refractivity contribution in [2.75, 3.05) is 11.9 Å². The summed E-state index contributed by atoms with van der Waals surface area (Å²) in [6.07, 6.45) is 3.02. The van der Waals surface area contributed by atoms with E-state index >= 15 is 0 Å². The van der Waals surface area contributed by atoms with Crippen LogP contribution in [0.15, 0.2) is 18.2 Å². The number of hydrogen-bond acceptors (Lipinski definition) is 2. The average Bonchev–Trinajstić information content (AvgIpc) is 2.36. The minimum atomic E-state index is -0.292. The minimum Gasteiger partial charge on any atom is -0.324 e. The second-order valence-electron chi connectivity index (χ2n) is 4.40. The maximum atomic E-state index is 13.3. The highest BCUT2D eigenvalue weighted by molar-refractivity contribution is 5.95.